The summed E-state index contributed by atoms with van der Waals surface area (Å²) in [6, 6.07) is 7.66. The molecule has 0 aliphatic carbocycles. The fourth-order valence-corrected chi connectivity index (χ4v) is 2.53. The van der Waals surface area contributed by atoms with Gasteiger partial charge in [-0.2, -0.15) is 0 Å². The molecule has 0 aliphatic heterocycles. The summed E-state index contributed by atoms with van der Waals surface area (Å²) in [5.41, 5.74) is 7.18. The summed E-state index contributed by atoms with van der Waals surface area (Å²) in [6.45, 7) is 8.17. The molecule has 0 radical (unpaired) electrons. The monoisotopic (exact) mass is 379 g/mol. The maximum absolute atomic E-state index is 12.6. The van der Waals surface area contributed by atoms with Gasteiger partial charge in [0.2, 0.25) is 0 Å². The maximum atomic E-state index is 12.6. The van der Waals surface area contributed by atoms with Crippen molar-refractivity contribution in [3.05, 3.63) is 40.1 Å². The van der Waals surface area contributed by atoms with Gasteiger partial charge >= 0.3 is 0 Å². The molecule has 2 rings (SSSR count). The molecule has 1 aromatic carbocycles. The van der Waals surface area contributed by atoms with Crippen molar-refractivity contribution in [1.29, 1.82) is 0 Å². The molecule has 7 heteroatoms. The number of rotatable bonds is 5. The van der Waals surface area contributed by atoms with Crippen molar-refractivity contribution in [3.63, 3.8) is 0 Å². The van der Waals surface area contributed by atoms with Gasteiger partial charge in [0.05, 0.1) is 16.9 Å². The largest absolute Gasteiger partial charge is 0.344 e. The number of carbonyl (C=O) groups excluding carboxylic acids is 1. The maximum Gasteiger partial charge on any atom is 0.274 e. The zero-order valence-electron chi connectivity index (χ0n) is 13.8. The first-order chi connectivity index (χ1) is 10.8. The number of aromatic nitrogens is 3. The molecule has 0 aliphatic rings. The minimum absolute atomic E-state index is 0.205. The highest BCUT2D eigenvalue weighted by molar-refractivity contribution is 9.10. The van der Waals surface area contributed by atoms with Crippen molar-refractivity contribution in [3.8, 4) is 5.69 Å². The van der Waals surface area contributed by atoms with E-state index in [2.05, 4.69) is 31.6 Å². The van der Waals surface area contributed by atoms with E-state index >= 15 is 0 Å². The first-order valence-corrected chi connectivity index (χ1v) is 8.28. The summed E-state index contributed by atoms with van der Waals surface area (Å²) in [7, 11) is 0. The van der Waals surface area contributed by atoms with Crippen molar-refractivity contribution in [2.45, 2.75) is 33.2 Å². The highest BCUT2D eigenvalue weighted by atomic mass is 79.9. The van der Waals surface area contributed by atoms with Crippen LogP contribution in [-0.4, -0.2) is 33.0 Å². The van der Waals surface area contributed by atoms with E-state index in [0.29, 0.717) is 17.9 Å². The van der Waals surface area contributed by atoms with Crippen molar-refractivity contribution < 1.29 is 4.79 Å². The third-order valence-electron chi connectivity index (χ3n) is 4.26. The minimum atomic E-state index is -0.483. The fourth-order valence-electron chi connectivity index (χ4n) is 2.14. The molecule has 1 atom stereocenters. The molecule has 23 heavy (non-hydrogen) atoms. The van der Waals surface area contributed by atoms with Crippen LogP contribution in [0.3, 0.4) is 0 Å². The van der Waals surface area contributed by atoms with Gasteiger partial charge < -0.3 is 11.1 Å². The molecular formula is C16H22BrN5O. The third kappa shape index (κ3) is 3.61. The zero-order chi connectivity index (χ0) is 17.2. The van der Waals surface area contributed by atoms with E-state index in [1.807, 2.05) is 52.0 Å². The Morgan fingerprint density at radius 3 is 2.74 bits per heavy atom. The Morgan fingerprint density at radius 1 is 1.48 bits per heavy atom. The van der Waals surface area contributed by atoms with Gasteiger partial charge in [-0.1, -0.05) is 41.1 Å². The van der Waals surface area contributed by atoms with E-state index in [4.69, 9.17) is 5.73 Å². The lowest BCUT2D eigenvalue weighted by molar-refractivity contribution is 0.0877. The van der Waals surface area contributed by atoms with E-state index < -0.39 is 5.54 Å². The van der Waals surface area contributed by atoms with Crippen LogP contribution in [0.2, 0.25) is 0 Å². The second-order valence-corrected chi connectivity index (χ2v) is 7.06. The van der Waals surface area contributed by atoms with Gasteiger partial charge in [0, 0.05) is 11.0 Å². The summed E-state index contributed by atoms with van der Waals surface area (Å²) in [6.07, 6.45) is 0. The van der Waals surface area contributed by atoms with Crippen molar-refractivity contribution >= 4 is 21.8 Å². The van der Waals surface area contributed by atoms with E-state index in [1.54, 1.807) is 4.68 Å². The second-order valence-electron chi connectivity index (χ2n) is 6.15. The highest BCUT2D eigenvalue weighted by Gasteiger charge is 2.30. The summed E-state index contributed by atoms with van der Waals surface area (Å²) < 4.78 is 2.58. The molecule has 0 fully saturated rings. The van der Waals surface area contributed by atoms with Gasteiger partial charge in [0.25, 0.3) is 5.91 Å². The van der Waals surface area contributed by atoms with Gasteiger partial charge in [0.15, 0.2) is 5.69 Å². The van der Waals surface area contributed by atoms with Gasteiger partial charge in [-0.3, -0.25) is 4.79 Å². The normalized spacial score (nSPS) is 13.9. The van der Waals surface area contributed by atoms with Crippen LogP contribution < -0.4 is 11.1 Å². The Labute approximate surface area is 144 Å². The van der Waals surface area contributed by atoms with E-state index in [0.717, 1.165) is 10.2 Å². The Balaban J connectivity index is 2.30. The first kappa shape index (κ1) is 17.6. The minimum Gasteiger partial charge on any atom is -0.344 e. The molecule has 3 N–H and O–H groups in total. The Kier molecular flexibility index (Phi) is 5.21. The van der Waals surface area contributed by atoms with Gasteiger partial charge in [0.1, 0.15) is 0 Å². The number of carbonyl (C=O) groups is 1. The Bertz CT molecular complexity index is 712. The number of nitrogens with two attached hydrogens (primary N) is 1. The average molecular weight is 380 g/mol. The predicted octanol–water partition coefficient (Wildman–Crippen LogP) is 2.44. The number of amides is 1. The molecule has 0 saturated heterocycles. The van der Waals surface area contributed by atoms with E-state index in [-0.39, 0.29) is 11.8 Å². The average Bonchev–Trinajstić information content (AvgIpc) is 2.88. The van der Waals surface area contributed by atoms with Gasteiger partial charge in [-0.15, -0.1) is 5.10 Å². The quantitative estimate of drug-likeness (QED) is 0.834. The van der Waals surface area contributed by atoms with Crippen LogP contribution in [-0.2, 0) is 0 Å². The summed E-state index contributed by atoms with van der Waals surface area (Å²) in [4.78, 5) is 12.6. The molecule has 1 unspecified atom stereocenters. The molecule has 6 nitrogen and oxygen atoms in total. The van der Waals surface area contributed by atoms with Crippen LogP contribution >= 0.6 is 15.9 Å². The Morgan fingerprint density at radius 2 is 2.17 bits per heavy atom. The topological polar surface area (TPSA) is 85.8 Å². The predicted molar refractivity (Wildman–Crippen MR) is 93.6 cm³/mol. The van der Waals surface area contributed by atoms with Crippen LogP contribution in [0, 0.1) is 12.8 Å². The third-order valence-corrected chi connectivity index (χ3v) is 4.75. The molecule has 0 bridgehead atoms. The number of halogens is 1. The second kappa shape index (κ2) is 6.80. The molecule has 2 aromatic rings. The molecule has 0 spiro atoms. The SMILES string of the molecule is Cc1c(C(=O)NC(C)(CN)C(C)C)nnn1-c1cccc(Br)c1. The molecule has 1 aromatic heterocycles. The zero-order valence-corrected chi connectivity index (χ0v) is 15.4. The highest BCUT2D eigenvalue weighted by Crippen LogP contribution is 2.19. The molecule has 124 valence electrons. The van der Waals surface area contributed by atoms with Crippen molar-refractivity contribution in [2.24, 2.45) is 11.7 Å². The van der Waals surface area contributed by atoms with Crippen LogP contribution in [0.15, 0.2) is 28.7 Å². The molecule has 1 amide bonds. The summed E-state index contributed by atoms with van der Waals surface area (Å²) in [5.74, 6) is -0.0534. The van der Waals surface area contributed by atoms with Gasteiger partial charge in [-0.25, -0.2) is 4.68 Å². The standard InChI is InChI=1S/C16H22BrN5O/c1-10(2)16(4,9-18)19-15(23)14-11(3)22(21-20-14)13-7-5-6-12(17)8-13/h5-8,10H,9,18H2,1-4H3,(H,19,23). The van der Waals surface area contributed by atoms with Crippen LogP contribution in [0.1, 0.15) is 37.0 Å². The summed E-state index contributed by atoms with van der Waals surface area (Å²) >= 11 is 3.43. The van der Waals surface area contributed by atoms with Crippen molar-refractivity contribution in [1.82, 2.24) is 20.3 Å². The summed E-state index contributed by atoms with van der Waals surface area (Å²) in [5, 5.41) is 11.1. The molecular weight excluding hydrogens is 358 g/mol. The van der Waals surface area contributed by atoms with Crippen LogP contribution in [0.25, 0.3) is 5.69 Å². The lowest BCUT2D eigenvalue weighted by Gasteiger charge is -2.33. The lowest BCUT2D eigenvalue weighted by atomic mass is 9.88. The Hall–Kier alpha value is -1.73. The molecule has 0 saturated carbocycles. The fraction of sp³-hybridized carbons (Fsp3) is 0.438. The number of nitrogens with zero attached hydrogens (tertiary/aromatic N) is 3. The van der Waals surface area contributed by atoms with Crippen molar-refractivity contribution in [2.75, 3.05) is 6.54 Å². The van der Waals surface area contributed by atoms with Gasteiger partial charge in [-0.05, 0) is 38.0 Å². The first-order valence-electron chi connectivity index (χ1n) is 7.49. The van der Waals surface area contributed by atoms with Crippen LogP contribution in [0.5, 0.6) is 0 Å². The number of benzene rings is 1. The smallest absolute Gasteiger partial charge is 0.274 e. The van der Waals surface area contributed by atoms with Crippen LogP contribution in [0.4, 0.5) is 0 Å². The number of hydrogen-bond donors (Lipinski definition) is 2. The van der Waals surface area contributed by atoms with E-state index in [9.17, 15) is 4.79 Å². The number of hydrogen-bond acceptors (Lipinski definition) is 4. The van der Waals surface area contributed by atoms with E-state index in [1.165, 1.54) is 0 Å². The molecule has 1 heterocycles. The number of nitrogens with one attached hydrogen (secondary N) is 1. The lowest BCUT2D eigenvalue weighted by Crippen LogP contribution is -2.55.